The Morgan fingerprint density at radius 3 is 3.00 bits per heavy atom. The third-order valence-electron chi connectivity index (χ3n) is 3.47. The van der Waals surface area contributed by atoms with E-state index >= 15 is 0 Å². The lowest BCUT2D eigenvalue weighted by Gasteiger charge is -2.35. The van der Waals surface area contributed by atoms with E-state index < -0.39 is 0 Å². The molecule has 5 heteroatoms. The van der Waals surface area contributed by atoms with Crippen LogP contribution in [0.4, 0.5) is 11.4 Å². The van der Waals surface area contributed by atoms with Gasteiger partial charge in [0.1, 0.15) is 0 Å². The first kappa shape index (κ1) is 14.7. The van der Waals surface area contributed by atoms with Crippen molar-refractivity contribution in [2.45, 2.75) is 26.4 Å². The molecule has 5 nitrogen and oxygen atoms in total. The van der Waals surface area contributed by atoms with Gasteiger partial charge in [-0.25, -0.2) is 4.79 Å². The molecule has 1 atom stereocenters. The Kier molecular flexibility index (Phi) is 4.84. The maximum absolute atomic E-state index is 12.1. The van der Waals surface area contributed by atoms with Gasteiger partial charge in [-0.15, -0.1) is 0 Å². The summed E-state index contributed by atoms with van der Waals surface area (Å²) in [4.78, 5) is 14.2. The minimum atomic E-state index is -0.325. The second-order valence-corrected chi connectivity index (χ2v) is 4.81. The Morgan fingerprint density at radius 1 is 1.50 bits per heavy atom. The Hall–Kier alpha value is -1.75. The fraction of sp³-hybridized carbons (Fsp3) is 0.533. The number of ether oxygens (including phenoxy) is 2. The van der Waals surface area contributed by atoms with Crippen LogP contribution < -0.4 is 10.6 Å². The molecule has 1 unspecified atom stereocenters. The number of nitrogens with zero attached hydrogens (tertiary/aromatic N) is 1. The number of nitrogen functional groups attached to an aromatic ring is 1. The van der Waals surface area contributed by atoms with Gasteiger partial charge in [-0.3, -0.25) is 0 Å². The highest BCUT2D eigenvalue weighted by molar-refractivity contribution is 5.99. The number of anilines is 2. The number of carbonyl (C=O) groups is 1. The largest absolute Gasteiger partial charge is 0.462 e. The third kappa shape index (κ3) is 3.04. The molecule has 1 aliphatic heterocycles. The van der Waals surface area contributed by atoms with Crippen LogP contribution in [0.2, 0.25) is 0 Å². The molecular formula is C15H22N2O3. The number of nitrogens with two attached hydrogens (primary N) is 1. The average molecular weight is 278 g/mol. The number of para-hydroxylation sites is 1. The molecule has 1 saturated heterocycles. The summed E-state index contributed by atoms with van der Waals surface area (Å²) in [5, 5.41) is 0. The highest BCUT2D eigenvalue weighted by Gasteiger charge is 2.25. The summed E-state index contributed by atoms with van der Waals surface area (Å²) in [7, 11) is 0. The van der Waals surface area contributed by atoms with Gasteiger partial charge >= 0.3 is 5.97 Å². The topological polar surface area (TPSA) is 64.8 Å². The molecule has 0 bridgehead atoms. The average Bonchev–Trinajstić information content (AvgIpc) is 2.47. The fourth-order valence-electron chi connectivity index (χ4n) is 2.46. The van der Waals surface area contributed by atoms with Crippen molar-refractivity contribution in [1.29, 1.82) is 0 Å². The maximum atomic E-state index is 12.1. The van der Waals surface area contributed by atoms with E-state index in [1.165, 1.54) is 0 Å². The zero-order valence-corrected chi connectivity index (χ0v) is 12.1. The van der Waals surface area contributed by atoms with Gasteiger partial charge in [0.25, 0.3) is 0 Å². The first-order valence-corrected chi connectivity index (χ1v) is 7.09. The predicted molar refractivity (Wildman–Crippen MR) is 79.1 cm³/mol. The summed E-state index contributed by atoms with van der Waals surface area (Å²) in [5.74, 6) is -0.325. The van der Waals surface area contributed by atoms with Gasteiger partial charge in [-0.2, -0.15) is 0 Å². The molecule has 0 aliphatic carbocycles. The van der Waals surface area contributed by atoms with Crippen molar-refractivity contribution >= 4 is 17.3 Å². The van der Waals surface area contributed by atoms with E-state index in [2.05, 4.69) is 11.8 Å². The highest BCUT2D eigenvalue weighted by Crippen LogP contribution is 2.30. The minimum Gasteiger partial charge on any atom is -0.462 e. The fourth-order valence-corrected chi connectivity index (χ4v) is 2.46. The van der Waals surface area contributed by atoms with Gasteiger partial charge < -0.3 is 20.1 Å². The number of esters is 1. The molecule has 0 aromatic heterocycles. The molecular weight excluding hydrogens is 256 g/mol. The Labute approximate surface area is 119 Å². The zero-order chi connectivity index (χ0) is 14.5. The van der Waals surface area contributed by atoms with E-state index in [0.29, 0.717) is 24.5 Å². The van der Waals surface area contributed by atoms with Crippen LogP contribution in [0.25, 0.3) is 0 Å². The number of hydrogen-bond donors (Lipinski definition) is 1. The van der Waals surface area contributed by atoms with Gasteiger partial charge in [0.2, 0.25) is 0 Å². The molecule has 1 heterocycles. The van der Waals surface area contributed by atoms with E-state index in [0.717, 1.165) is 25.2 Å². The zero-order valence-electron chi connectivity index (χ0n) is 12.1. The Bertz CT molecular complexity index is 476. The summed E-state index contributed by atoms with van der Waals surface area (Å²) >= 11 is 0. The van der Waals surface area contributed by atoms with Crippen molar-refractivity contribution in [3.63, 3.8) is 0 Å². The summed E-state index contributed by atoms with van der Waals surface area (Å²) in [5.41, 5.74) is 7.99. The highest BCUT2D eigenvalue weighted by atomic mass is 16.5. The SMILES string of the molecule is CCOC(=O)c1cccc(N)c1N1CCOC(CC)C1. The summed E-state index contributed by atoms with van der Waals surface area (Å²) < 4.78 is 10.8. The molecule has 0 amide bonds. The third-order valence-corrected chi connectivity index (χ3v) is 3.47. The first-order valence-electron chi connectivity index (χ1n) is 7.09. The Morgan fingerprint density at radius 2 is 2.30 bits per heavy atom. The number of carbonyl (C=O) groups excluding carboxylic acids is 1. The molecule has 0 spiro atoms. The maximum Gasteiger partial charge on any atom is 0.340 e. The van der Waals surface area contributed by atoms with Crippen molar-refractivity contribution in [2.24, 2.45) is 0 Å². The van der Waals surface area contributed by atoms with Crippen LogP contribution in [0.3, 0.4) is 0 Å². The van der Waals surface area contributed by atoms with E-state index in [9.17, 15) is 4.79 Å². The molecule has 110 valence electrons. The number of rotatable bonds is 4. The van der Waals surface area contributed by atoms with Gasteiger partial charge in [-0.1, -0.05) is 13.0 Å². The summed E-state index contributed by atoms with van der Waals surface area (Å²) in [6.07, 6.45) is 1.12. The lowest BCUT2D eigenvalue weighted by atomic mass is 10.1. The van der Waals surface area contributed by atoms with Gasteiger partial charge in [0.15, 0.2) is 0 Å². The first-order chi connectivity index (χ1) is 9.67. The van der Waals surface area contributed by atoms with Gasteiger partial charge in [0, 0.05) is 13.1 Å². The number of hydrogen-bond acceptors (Lipinski definition) is 5. The van der Waals surface area contributed by atoms with Crippen molar-refractivity contribution in [3.8, 4) is 0 Å². The minimum absolute atomic E-state index is 0.179. The van der Waals surface area contributed by atoms with E-state index in [1.807, 2.05) is 6.07 Å². The van der Waals surface area contributed by atoms with E-state index in [4.69, 9.17) is 15.2 Å². The van der Waals surface area contributed by atoms with Crippen LogP contribution in [0, 0.1) is 0 Å². The number of morpholine rings is 1. The molecule has 1 aromatic rings. The van der Waals surface area contributed by atoms with Crippen LogP contribution in [0.5, 0.6) is 0 Å². The molecule has 2 N–H and O–H groups in total. The monoisotopic (exact) mass is 278 g/mol. The summed E-state index contributed by atoms with van der Waals surface area (Å²) in [6, 6.07) is 5.36. The lowest BCUT2D eigenvalue weighted by molar-refractivity contribution is 0.0380. The Balaban J connectivity index is 2.31. The second kappa shape index (κ2) is 6.61. The summed E-state index contributed by atoms with van der Waals surface area (Å²) in [6.45, 7) is 6.37. The molecule has 0 saturated carbocycles. The smallest absolute Gasteiger partial charge is 0.340 e. The van der Waals surface area contributed by atoms with Crippen LogP contribution in [-0.4, -0.2) is 38.4 Å². The number of benzene rings is 1. The normalized spacial score (nSPS) is 18.9. The van der Waals surface area contributed by atoms with Gasteiger partial charge in [-0.05, 0) is 25.5 Å². The quantitative estimate of drug-likeness (QED) is 0.674. The lowest BCUT2D eigenvalue weighted by Crippen LogP contribution is -2.43. The van der Waals surface area contributed by atoms with Crippen molar-refractivity contribution in [1.82, 2.24) is 0 Å². The molecule has 1 fully saturated rings. The predicted octanol–water partition coefficient (Wildman–Crippen LogP) is 2.06. The van der Waals surface area contributed by atoms with Crippen LogP contribution in [0.1, 0.15) is 30.6 Å². The van der Waals surface area contributed by atoms with Crippen LogP contribution in [0.15, 0.2) is 18.2 Å². The van der Waals surface area contributed by atoms with Crippen molar-refractivity contribution in [2.75, 3.05) is 36.9 Å². The second-order valence-electron chi connectivity index (χ2n) is 4.81. The van der Waals surface area contributed by atoms with Crippen molar-refractivity contribution in [3.05, 3.63) is 23.8 Å². The van der Waals surface area contributed by atoms with E-state index in [-0.39, 0.29) is 12.1 Å². The molecule has 1 aliphatic rings. The van der Waals surface area contributed by atoms with Crippen LogP contribution >= 0.6 is 0 Å². The molecule has 20 heavy (non-hydrogen) atoms. The van der Waals surface area contributed by atoms with Crippen molar-refractivity contribution < 1.29 is 14.3 Å². The molecule has 0 radical (unpaired) electrons. The molecule has 2 rings (SSSR count). The standard InChI is InChI=1S/C15H22N2O3/c1-3-11-10-17(8-9-20-11)14-12(15(18)19-4-2)6-5-7-13(14)16/h5-7,11H,3-4,8-10,16H2,1-2H3. The van der Waals surface area contributed by atoms with Gasteiger partial charge in [0.05, 0.1) is 36.3 Å². The molecule has 1 aromatic carbocycles. The van der Waals surface area contributed by atoms with E-state index in [1.54, 1.807) is 19.1 Å². The van der Waals surface area contributed by atoms with Crippen LogP contribution in [-0.2, 0) is 9.47 Å².